The quantitative estimate of drug-likeness (QED) is 0.427. The molecule has 7 nitrogen and oxygen atoms in total. The van der Waals surface area contributed by atoms with Gasteiger partial charge in [0.1, 0.15) is 10.9 Å². The first kappa shape index (κ1) is 21.4. The van der Waals surface area contributed by atoms with Gasteiger partial charge < -0.3 is 9.84 Å². The summed E-state index contributed by atoms with van der Waals surface area (Å²) >= 11 is 1.22. The summed E-state index contributed by atoms with van der Waals surface area (Å²) < 4.78 is 7.06. The molecule has 0 saturated heterocycles. The largest absolute Gasteiger partial charge is 0.443 e. The lowest BCUT2D eigenvalue weighted by Gasteiger charge is -2.38. The molecule has 0 fully saturated rings. The van der Waals surface area contributed by atoms with Gasteiger partial charge in [-0.2, -0.15) is 0 Å². The maximum absolute atomic E-state index is 13.2. The Kier molecular flexibility index (Phi) is 5.10. The van der Waals surface area contributed by atoms with E-state index in [0.29, 0.717) is 27.1 Å². The van der Waals surface area contributed by atoms with E-state index in [9.17, 15) is 20.0 Å². The number of aromatic nitrogens is 1. The summed E-state index contributed by atoms with van der Waals surface area (Å²) in [6.07, 6.45) is -2.00. The van der Waals surface area contributed by atoms with Crippen molar-refractivity contribution < 1.29 is 19.6 Å². The number of nitro groups is 1. The number of ether oxygens (including phenoxy) is 1. The number of hydrogen-bond acceptors (Lipinski definition) is 6. The number of aliphatic hydroxyl groups is 1. The summed E-state index contributed by atoms with van der Waals surface area (Å²) in [4.78, 5) is 25.0. The van der Waals surface area contributed by atoms with Gasteiger partial charge in [0.15, 0.2) is 6.10 Å². The molecule has 1 aliphatic rings. The number of hydrogen-bond donors (Lipinski definition) is 1. The van der Waals surface area contributed by atoms with Crippen molar-refractivity contribution in [2.45, 2.75) is 55.2 Å². The summed E-state index contributed by atoms with van der Waals surface area (Å²) in [5, 5.41) is 24.0. The monoisotopic (exact) mass is 440 g/mol. The van der Waals surface area contributed by atoms with Crippen LogP contribution in [0, 0.1) is 10.1 Å². The average molecular weight is 441 g/mol. The molecule has 1 aromatic heterocycles. The van der Waals surface area contributed by atoms with Crippen LogP contribution in [-0.4, -0.2) is 31.8 Å². The van der Waals surface area contributed by atoms with Crippen LogP contribution < -0.4 is 0 Å². The van der Waals surface area contributed by atoms with E-state index in [4.69, 9.17) is 4.74 Å². The van der Waals surface area contributed by atoms with Crippen molar-refractivity contribution in [2.24, 2.45) is 0 Å². The van der Waals surface area contributed by atoms with Gasteiger partial charge in [-0.05, 0) is 32.4 Å². The van der Waals surface area contributed by atoms with Crippen molar-refractivity contribution in [3.8, 4) is 0 Å². The molecule has 0 unspecified atom stereocenters. The molecule has 0 saturated carbocycles. The molecule has 2 aromatic carbocycles. The number of aliphatic hydroxyl groups excluding tert-OH is 1. The highest BCUT2D eigenvalue weighted by Gasteiger charge is 2.59. The van der Waals surface area contributed by atoms with Crippen molar-refractivity contribution in [2.75, 3.05) is 0 Å². The first-order chi connectivity index (χ1) is 14.6. The minimum atomic E-state index is -1.69. The summed E-state index contributed by atoms with van der Waals surface area (Å²) in [5.41, 5.74) is -0.772. The molecule has 3 atom stereocenters. The number of carbonyl (C=O) groups excluding carboxylic acids is 1. The van der Waals surface area contributed by atoms with Gasteiger partial charge in [0.05, 0.1) is 10.5 Å². The predicted molar refractivity (Wildman–Crippen MR) is 119 cm³/mol. The van der Waals surface area contributed by atoms with E-state index >= 15 is 0 Å². The summed E-state index contributed by atoms with van der Waals surface area (Å²) in [7, 11) is 0. The highest BCUT2D eigenvalue weighted by molar-refractivity contribution is 7.99. The molecular formula is C23H24N2O5S. The van der Waals surface area contributed by atoms with E-state index in [1.165, 1.54) is 23.3 Å². The fraction of sp³-hybridized carbons (Fsp3) is 0.348. The molecule has 0 amide bonds. The number of para-hydroxylation sites is 1. The molecule has 0 radical (unpaired) electrons. The molecule has 4 rings (SSSR count). The first-order valence-corrected chi connectivity index (χ1v) is 10.8. The SMILES string of the molecule is CC(C)(C)OC(=O)n1c2c(c3ccccc31)[C@H](O)[C@](C)([N+](=O)[O-])[C@@H](c1ccccc1)S2. The molecule has 162 valence electrons. The molecule has 2 heterocycles. The molecule has 0 bridgehead atoms. The third-order valence-electron chi connectivity index (χ3n) is 5.53. The zero-order valence-corrected chi connectivity index (χ0v) is 18.6. The van der Waals surface area contributed by atoms with Gasteiger partial charge in [-0.3, -0.25) is 10.1 Å². The van der Waals surface area contributed by atoms with Gasteiger partial charge in [-0.25, -0.2) is 9.36 Å². The third-order valence-corrected chi connectivity index (χ3v) is 7.14. The lowest BCUT2D eigenvalue weighted by molar-refractivity contribution is -0.581. The Morgan fingerprint density at radius 3 is 2.39 bits per heavy atom. The second-order valence-electron chi connectivity index (χ2n) is 8.85. The van der Waals surface area contributed by atoms with E-state index in [2.05, 4.69) is 0 Å². The van der Waals surface area contributed by atoms with Crippen LogP contribution in [0.2, 0.25) is 0 Å². The van der Waals surface area contributed by atoms with E-state index < -0.39 is 33.5 Å². The third kappa shape index (κ3) is 3.40. The van der Waals surface area contributed by atoms with Gasteiger partial charge >= 0.3 is 6.09 Å². The van der Waals surface area contributed by atoms with E-state index in [1.54, 1.807) is 57.2 Å². The lowest BCUT2D eigenvalue weighted by Crippen LogP contribution is -2.48. The van der Waals surface area contributed by atoms with Crippen LogP contribution in [0.1, 0.15) is 50.2 Å². The Hall–Kier alpha value is -2.84. The minimum absolute atomic E-state index is 0.387. The van der Waals surface area contributed by atoms with Crippen LogP contribution in [0.15, 0.2) is 59.6 Å². The number of benzene rings is 2. The number of carbonyl (C=O) groups is 1. The maximum Gasteiger partial charge on any atom is 0.419 e. The molecule has 8 heteroatoms. The van der Waals surface area contributed by atoms with Gasteiger partial charge in [0.25, 0.3) is 5.54 Å². The van der Waals surface area contributed by atoms with Crippen molar-refractivity contribution in [3.63, 3.8) is 0 Å². The average Bonchev–Trinajstić information content (AvgIpc) is 3.04. The van der Waals surface area contributed by atoms with Gasteiger partial charge in [0, 0.05) is 22.8 Å². The van der Waals surface area contributed by atoms with Gasteiger partial charge in [0.2, 0.25) is 0 Å². The molecule has 1 aliphatic heterocycles. The zero-order valence-electron chi connectivity index (χ0n) is 17.7. The van der Waals surface area contributed by atoms with Gasteiger partial charge in [-0.15, -0.1) is 0 Å². The fourth-order valence-corrected chi connectivity index (χ4v) is 5.60. The molecule has 0 aliphatic carbocycles. The van der Waals surface area contributed by atoms with Crippen molar-refractivity contribution in [1.29, 1.82) is 0 Å². The Morgan fingerprint density at radius 1 is 1.16 bits per heavy atom. The van der Waals surface area contributed by atoms with Crippen LogP contribution in [0.5, 0.6) is 0 Å². The van der Waals surface area contributed by atoms with Crippen LogP contribution in [0.3, 0.4) is 0 Å². The zero-order chi connectivity index (χ0) is 22.6. The van der Waals surface area contributed by atoms with Crippen LogP contribution in [-0.2, 0) is 4.74 Å². The highest BCUT2D eigenvalue weighted by Crippen LogP contribution is 2.58. The Labute approximate surface area is 184 Å². The Balaban J connectivity index is 1.99. The Morgan fingerprint density at radius 2 is 1.77 bits per heavy atom. The lowest BCUT2D eigenvalue weighted by atomic mass is 9.83. The van der Waals surface area contributed by atoms with Crippen molar-refractivity contribution >= 4 is 28.8 Å². The maximum atomic E-state index is 13.2. The first-order valence-electron chi connectivity index (χ1n) is 9.96. The number of nitrogens with zero attached hydrogens (tertiary/aromatic N) is 2. The number of thioether (sulfide) groups is 1. The van der Waals surface area contributed by atoms with E-state index in [0.717, 1.165) is 0 Å². The molecular weight excluding hydrogens is 416 g/mol. The summed E-state index contributed by atoms with van der Waals surface area (Å²) in [6.45, 7) is 6.80. The topological polar surface area (TPSA) is 94.6 Å². The number of fused-ring (bicyclic) bond motifs is 3. The van der Waals surface area contributed by atoms with Gasteiger partial charge in [-0.1, -0.05) is 60.3 Å². The molecule has 31 heavy (non-hydrogen) atoms. The summed E-state index contributed by atoms with van der Waals surface area (Å²) in [6, 6.07) is 16.1. The normalized spacial score (nSPS) is 23.4. The van der Waals surface area contributed by atoms with Crippen molar-refractivity contribution in [1.82, 2.24) is 4.57 Å². The Bertz CT molecular complexity index is 1170. The van der Waals surface area contributed by atoms with Crippen LogP contribution in [0.25, 0.3) is 10.9 Å². The van der Waals surface area contributed by atoms with E-state index in [-0.39, 0.29) is 0 Å². The number of rotatable bonds is 2. The highest BCUT2D eigenvalue weighted by atomic mass is 32.2. The fourth-order valence-electron chi connectivity index (χ4n) is 4.01. The standard InChI is InChI=1S/C23H24N2O5S/c1-22(2,3)30-21(27)24-16-13-9-8-12-15(16)17-18(26)23(4,25(28)29)19(31-20(17)24)14-10-6-5-7-11-14/h5-13,18-19,26H,1-4H3/t18-,19+,23-/m0/s1. The second kappa shape index (κ2) is 7.39. The second-order valence-corrected chi connectivity index (χ2v) is 9.94. The smallest absolute Gasteiger partial charge is 0.419 e. The van der Waals surface area contributed by atoms with Crippen LogP contribution >= 0.6 is 11.8 Å². The van der Waals surface area contributed by atoms with Crippen LogP contribution in [0.4, 0.5) is 4.79 Å². The molecule has 1 N–H and O–H groups in total. The van der Waals surface area contributed by atoms with Crippen molar-refractivity contribution in [3.05, 3.63) is 75.8 Å². The predicted octanol–water partition coefficient (Wildman–Crippen LogP) is 5.34. The molecule has 3 aromatic rings. The summed E-state index contributed by atoms with van der Waals surface area (Å²) in [5.74, 6) is 0. The minimum Gasteiger partial charge on any atom is -0.443 e. The molecule has 0 spiro atoms. The van der Waals surface area contributed by atoms with E-state index in [1.807, 2.05) is 18.2 Å².